The number of hydrogen-bond donors (Lipinski definition) is 1. The number of nitrogens with one attached hydrogen (secondary N) is 1. The number of carbonyl (C=O) groups is 2. The molecule has 0 radical (unpaired) electrons. The summed E-state index contributed by atoms with van der Waals surface area (Å²) in [5.74, 6) is -1.02. The van der Waals surface area contributed by atoms with Gasteiger partial charge in [0.25, 0.3) is 5.91 Å². The van der Waals surface area contributed by atoms with Gasteiger partial charge in [0.05, 0.1) is 12.2 Å². The lowest BCUT2D eigenvalue weighted by molar-refractivity contribution is -0.117. The lowest BCUT2D eigenvalue weighted by Crippen LogP contribution is -2.43. The van der Waals surface area contributed by atoms with E-state index in [9.17, 15) is 14.0 Å². The minimum atomic E-state index is -0.398. The van der Waals surface area contributed by atoms with Crippen LogP contribution in [0.25, 0.3) is 0 Å². The molecule has 0 atom stereocenters. The summed E-state index contributed by atoms with van der Waals surface area (Å²) in [6, 6.07) is 13.5. The molecule has 0 fully saturated rings. The predicted molar refractivity (Wildman–Crippen MR) is 85.8 cm³/mol. The van der Waals surface area contributed by atoms with Gasteiger partial charge in [-0.15, -0.1) is 0 Å². The van der Waals surface area contributed by atoms with Crippen molar-refractivity contribution in [3.8, 4) is 0 Å². The normalized spacial score (nSPS) is 13.3. The summed E-state index contributed by atoms with van der Waals surface area (Å²) in [7, 11) is 0. The van der Waals surface area contributed by atoms with Crippen molar-refractivity contribution in [1.82, 2.24) is 5.32 Å². The van der Waals surface area contributed by atoms with Crippen molar-refractivity contribution in [2.24, 2.45) is 0 Å². The fraction of sp³-hybridized carbons (Fsp3) is 0.222. The molecule has 0 aromatic heterocycles. The van der Waals surface area contributed by atoms with Crippen molar-refractivity contribution < 1.29 is 14.0 Å². The first kappa shape index (κ1) is 15.2. The van der Waals surface area contributed by atoms with Crippen molar-refractivity contribution in [2.45, 2.75) is 12.8 Å². The number of rotatable bonds is 3. The largest absolute Gasteiger partial charge is 0.343 e. The molecule has 2 aromatic carbocycles. The maximum absolute atomic E-state index is 14.1. The van der Waals surface area contributed by atoms with E-state index in [4.69, 9.17) is 0 Å². The zero-order chi connectivity index (χ0) is 16.2. The van der Waals surface area contributed by atoms with Gasteiger partial charge in [-0.1, -0.05) is 30.3 Å². The average molecular weight is 312 g/mol. The van der Waals surface area contributed by atoms with Gasteiger partial charge in [0.15, 0.2) is 0 Å². The Morgan fingerprint density at radius 2 is 1.87 bits per heavy atom. The Bertz CT molecular complexity index is 731. The van der Waals surface area contributed by atoms with Crippen molar-refractivity contribution in [1.29, 1.82) is 0 Å². The van der Waals surface area contributed by atoms with Crippen LogP contribution in [0.3, 0.4) is 0 Å². The van der Waals surface area contributed by atoms with Gasteiger partial charge >= 0.3 is 0 Å². The van der Waals surface area contributed by atoms with Gasteiger partial charge < -0.3 is 10.2 Å². The number of fused-ring (bicyclic) bond motifs is 1. The van der Waals surface area contributed by atoms with Gasteiger partial charge in [-0.2, -0.15) is 0 Å². The van der Waals surface area contributed by atoms with E-state index in [0.717, 1.165) is 18.4 Å². The van der Waals surface area contributed by atoms with Gasteiger partial charge in [0, 0.05) is 12.1 Å². The van der Waals surface area contributed by atoms with Crippen LogP contribution in [0.2, 0.25) is 0 Å². The number of halogens is 1. The maximum Gasteiger partial charge on any atom is 0.251 e. The summed E-state index contributed by atoms with van der Waals surface area (Å²) < 4.78 is 14.1. The van der Waals surface area contributed by atoms with Crippen LogP contribution >= 0.6 is 0 Å². The maximum atomic E-state index is 14.1. The molecule has 1 aliphatic heterocycles. The highest BCUT2D eigenvalue weighted by atomic mass is 19.1. The fourth-order valence-electron chi connectivity index (χ4n) is 2.80. The molecule has 23 heavy (non-hydrogen) atoms. The van der Waals surface area contributed by atoms with E-state index in [1.54, 1.807) is 30.3 Å². The molecule has 0 bridgehead atoms. The molecule has 4 nitrogen and oxygen atoms in total. The summed E-state index contributed by atoms with van der Waals surface area (Å²) in [5, 5.41) is 2.59. The second-order valence-corrected chi connectivity index (χ2v) is 5.45. The summed E-state index contributed by atoms with van der Waals surface area (Å²) in [5.41, 5.74) is 1.67. The Balaban J connectivity index is 1.70. The van der Waals surface area contributed by atoms with Crippen molar-refractivity contribution >= 4 is 17.5 Å². The highest BCUT2D eigenvalue weighted by molar-refractivity contribution is 6.00. The summed E-state index contributed by atoms with van der Waals surface area (Å²) in [6.07, 6.45) is 1.54. The molecular weight excluding hydrogens is 295 g/mol. The molecule has 2 amide bonds. The lowest BCUT2D eigenvalue weighted by Gasteiger charge is -2.29. The second kappa shape index (κ2) is 6.60. The fourth-order valence-corrected chi connectivity index (χ4v) is 2.80. The average Bonchev–Trinajstić information content (AvgIpc) is 2.60. The third kappa shape index (κ3) is 3.23. The first-order chi connectivity index (χ1) is 11.2. The van der Waals surface area contributed by atoms with E-state index >= 15 is 0 Å². The predicted octanol–water partition coefficient (Wildman–Crippen LogP) is 2.53. The summed E-state index contributed by atoms with van der Waals surface area (Å²) in [6.45, 7) is 0.315. The third-order valence-electron chi connectivity index (χ3n) is 3.91. The molecule has 0 unspecified atom stereocenters. The van der Waals surface area contributed by atoms with Crippen LogP contribution in [0.1, 0.15) is 22.3 Å². The van der Waals surface area contributed by atoms with Gasteiger partial charge in [-0.3, -0.25) is 9.59 Å². The van der Waals surface area contributed by atoms with E-state index < -0.39 is 5.82 Å². The van der Waals surface area contributed by atoms with Gasteiger partial charge in [0.1, 0.15) is 5.82 Å². The van der Waals surface area contributed by atoms with Crippen LogP contribution in [0, 0.1) is 5.82 Å². The molecule has 118 valence electrons. The number of para-hydroxylation sites is 1. The monoisotopic (exact) mass is 312 g/mol. The number of aryl methyl sites for hydroxylation is 1. The number of hydrogen-bond acceptors (Lipinski definition) is 2. The smallest absolute Gasteiger partial charge is 0.251 e. The van der Waals surface area contributed by atoms with Crippen molar-refractivity contribution in [2.75, 3.05) is 18.0 Å². The zero-order valence-electron chi connectivity index (χ0n) is 12.6. The number of anilines is 1. The number of benzene rings is 2. The van der Waals surface area contributed by atoms with Crippen LogP contribution in [-0.4, -0.2) is 24.9 Å². The Hall–Kier alpha value is -2.69. The van der Waals surface area contributed by atoms with E-state index in [1.807, 2.05) is 12.1 Å². The van der Waals surface area contributed by atoms with E-state index in [2.05, 4.69) is 5.32 Å². The summed E-state index contributed by atoms with van der Waals surface area (Å²) >= 11 is 0. The molecule has 0 saturated heterocycles. The first-order valence-electron chi connectivity index (χ1n) is 7.58. The van der Waals surface area contributed by atoms with Crippen molar-refractivity contribution in [3.63, 3.8) is 0 Å². The van der Waals surface area contributed by atoms with E-state index in [-0.39, 0.29) is 18.4 Å². The molecule has 1 aliphatic rings. The molecule has 1 N–H and O–H groups in total. The van der Waals surface area contributed by atoms with Crippen LogP contribution in [0.15, 0.2) is 48.5 Å². The molecule has 0 spiro atoms. The third-order valence-corrected chi connectivity index (χ3v) is 3.91. The van der Waals surface area contributed by atoms with Crippen LogP contribution in [0.5, 0.6) is 0 Å². The molecule has 1 heterocycles. The van der Waals surface area contributed by atoms with Crippen molar-refractivity contribution in [3.05, 3.63) is 65.5 Å². The lowest BCUT2D eigenvalue weighted by atomic mass is 10.0. The Kier molecular flexibility index (Phi) is 4.37. The molecule has 0 aliphatic carbocycles. The van der Waals surface area contributed by atoms with Crippen LogP contribution in [0.4, 0.5) is 10.1 Å². The molecule has 0 saturated carbocycles. The number of amides is 2. The Labute approximate surface area is 133 Å². The molecule has 3 rings (SSSR count). The highest BCUT2D eigenvalue weighted by Gasteiger charge is 2.25. The first-order valence-corrected chi connectivity index (χ1v) is 7.58. The van der Waals surface area contributed by atoms with E-state index in [0.29, 0.717) is 17.8 Å². The Morgan fingerprint density at radius 3 is 2.65 bits per heavy atom. The van der Waals surface area contributed by atoms with Gasteiger partial charge in [-0.25, -0.2) is 4.39 Å². The van der Waals surface area contributed by atoms with E-state index in [1.165, 1.54) is 11.0 Å². The Morgan fingerprint density at radius 1 is 1.09 bits per heavy atom. The quantitative estimate of drug-likeness (QED) is 0.947. The second-order valence-electron chi connectivity index (χ2n) is 5.45. The van der Waals surface area contributed by atoms with Crippen LogP contribution < -0.4 is 10.2 Å². The topological polar surface area (TPSA) is 49.4 Å². The standard InChI is InChI=1S/C18H17FN2O2/c19-15-10-4-8-13-9-5-11-21(17(13)15)16(22)12-20-18(23)14-6-2-1-3-7-14/h1-4,6-8,10H,5,9,11-12H2,(H,20,23). The number of carbonyl (C=O) groups excluding carboxylic acids is 2. The minimum Gasteiger partial charge on any atom is -0.343 e. The van der Waals surface area contributed by atoms with Crippen LogP contribution in [-0.2, 0) is 11.2 Å². The van der Waals surface area contributed by atoms with Gasteiger partial charge in [-0.05, 0) is 36.6 Å². The van der Waals surface area contributed by atoms with Gasteiger partial charge in [0.2, 0.25) is 5.91 Å². The SMILES string of the molecule is O=C(NCC(=O)N1CCCc2cccc(F)c21)c1ccccc1. The molecule has 2 aromatic rings. The molecular formula is C18H17FN2O2. The number of nitrogens with zero attached hydrogens (tertiary/aromatic N) is 1. The summed E-state index contributed by atoms with van der Waals surface area (Å²) in [4.78, 5) is 25.8. The zero-order valence-corrected chi connectivity index (χ0v) is 12.6. The highest BCUT2D eigenvalue weighted by Crippen LogP contribution is 2.29. The minimum absolute atomic E-state index is 0.151. The molecule has 5 heteroatoms.